The van der Waals surface area contributed by atoms with Gasteiger partial charge in [-0.1, -0.05) is 23.8 Å². The Bertz CT molecular complexity index is 564. The fourth-order valence-electron chi connectivity index (χ4n) is 2.19. The first-order chi connectivity index (χ1) is 9.60. The molecule has 20 heavy (non-hydrogen) atoms. The minimum atomic E-state index is -0.127. The van der Waals surface area contributed by atoms with Gasteiger partial charge in [-0.2, -0.15) is 0 Å². The van der Waals surface area contributed by atoms with Crippen LogP contribution in [0.3, 0.4) is 0 Å². The summed E-state index contributed by atoms with van der Waals surface area (Å²) >= 11 is 0. The van der Waals surface area contributed by atoms with Crippen LogP contribution in [-0.4, -0.2) is 13.7 Å². The van der Waals surface area contributed by atoms with Crippen molar-refractivity contribution in [1.29, 1.82) is 0 Å². The van der Waals surface area contributed by atoms with E-state index in [2.05, 4.69) is 32.0 Å². The second-order valence-corrected chi connectivity index (χ2v) is 4.95. The molecule has 0 saturated heterocycles. The fourth-order valence-corrected chi connectivity index (χ4v) is 2.19. The first-order valence-electron chi connectivity index (χ1n) is 6.69. The Kier molecular flexibility index (Phi) is 4.64. The summed E-state index contributed by atoms with van der Waals surface area (Å²) in [7, 11) is 1.64. The van der Waals surface area contributed by atoms with Gasteiger partial charge in [0.15, 0.2) is 0 Å². The normalized spacial score (nSPS) is 12.0. The number of methoxy groups -OCH3 is 1. The number of hydrogen-bond donors (Lipinski definition) is 1. The van der Waals surface area contributed by atoms with Crippen LogP contribution in [-0.2, 0) is 0 Å². The highest BCUT2D eigenvalue weighted by atomic mass is 16.5. The van der Waals surface area contributed by atoms with Gasteiger partial charge in [-0.3, -0.25) is 0 Å². The lowest BCUT2D eigenvalue weighted by Gasteiger charge is -2.16. The molecule has 0 bridgehead atoms. The second-order valence-electron chi connectivity index (χ2n) is 4.95. The van der Waals surface area contributed by atoms with Gasteiger partial charge >= 0.3 is 0 Å². The highest BCUT2D eigenvalue weighted by Gasteiger charge is 2.10. The largest absolute Gasteiger partial charge is 0.497 e. The molecule has 1 atom stereocenters. The second kappa shape index (κ2) is 6.44. The molecule has 3 nitrogen and oxygen atoms in total. The zero-order valence-electron chi connectivity index (χ0n) is 12.2. The molecule has 2 aromatic carbocycles. The molecule has 0 radical (unpaired) electrons. The third-order valence-electron chi connectivity index (χ3n) is 3.31. The molecule has 2 rings (SSSR count). The number of nitrogens with two attached hydrogens (primary N) is 1. The SMILES string of the molecule is COc1ccc(OCC(N)c2ccc(C)cc2C)cc1. The number of hydrogen-bond acceptors (Lipinski definition) is 3. The third kappa shape index (κ3) is 3.52. The smallest absolute Gasteiger partial charge is 0.119 e. The van der Waals surface area contributed by atoms with Crippen molar-refractivity contribution in [1.82, 2.24) is 0 Å². The van der Waals surface area contributed by atoms with Crippen LogP contribution in [0, 0.1) is 13.8 Å². The van der Waals surface area contributed by atoms with Gasteiger partial charge in [0, 0.05) is 0 Å². The van der Waals surface area contributed by atoms with E-state index in [1.165, 1.54) is 11.1 Å². The lowest BCUT2D eigenvalue weighted by Crippen LogP contribution is -2.20. The topological polar surface area (TPSA) is 44.5 Å². The van der Waals surface area contributed by atoms with Crippen LogP contribution in [0.5, 0.6) is 11.5 Å². The Labute approximate surface area is 120 Å². The van der Waals surface area contributed by atoms with Crippen molar-refractivity contribution in [2.75, 3.05) is 13.7 Å². The van der Waals surface area contributed by atoms with Gasteiger partial charge in [0.25, 0.3) is 0 Å². The van der Waals surface area contributed by atoms with Crippen LogP contribution in [0.2, 0.25) is 0 Å². The molecule has 0 aliphatic rings. The van der Waals surface area contributed by atoms with E-state index >= 15 is 0 Å². The molecule has 0 spiro atoms. The molecule has 0 aliphatic heterocycles. The molecule has 0 saturated carbocycles. The summed E-state index contributed by atoms with van der Waals surface area (Å²) in [6.07, 6.45) is 0. The zero-order valence-corrected chi connectivity index (χ0v) is 12.2. The van der Waals surface area contributed by atoms with Gasteiger partial charge in [0.05, 0.1) is 13.2 Å². The summed E-state index contributed by atoms with van der Waals surface area (Å²) in [6, 6.07) is 13.7. The number of aryl methyl sites for hydroxylation is 2. The summed E-state index contributed by atoms with van der Waals surface area (Å²) in [6.45, 7) is 4.61. The van der Waals surface area contributed by atoms with Crippen molar-refractivity contribution in [2.45, 2.75) is 19.9 Å². The van der Waals surface area contributed by atoms with Gasteiger partial charge < -0.3 is 15.2 Å². The summed E-state index contributed by atoms with van der Waals surface area (Å²) < 4.78 is 10.8. The van der Waals surface area contributed by atoms with Crippen LogP contribution in [0.15, 0.2) is 42.5 Å². The minimum absolute atomic E-state index is 0.127. The molecule has 106 valence electrons. The van der Waals surface area contributed by atoms with E-state index in [0.717, 1.165) is 17.1 Å². The van der Waals surface area contributed by atoms with Crippen molar-refractivity contribution in [3.05, 3.63) is 59.2 Å². The molecule has 3 heteroatoms. The van der Waals surface area contributed by atoms with E-state index in [0.29, 0.717) is 6.61 Å². The Hall–Kier alpha value is -2.00. The first kappa shape index (κ1) is 14.4. The predicted octanol–water partition coefficient (Wildman–Crippen LogP) is 3.39. The van der Waals surface area contributed by atoms with Crippen LogP contribution in [0.4, 0.5) is 0 Å². The molecule has 2 N–H and O–H groups in total. The van der Waals surface area contributed by atoms with E-state index < -0.39 is 0 Å². The molecule has 2 aromatic rings. The van der Waals surface area contributed by atoms with E-state index in [1.807, 2.05) is 24.3 Å². The number of ether oxygens (including phenoxy) is 2. The third-order valence-corrected chi connectivity index (χ3v) is 3.31. The van der Waals surface area contributed by atoms with Gasteiger partial charge in [0.1, 0.15) is 18.1 Å². The van der Waals surface area contributed by atoms with Crippen LogP contribution in [0.1, 0.15) is 22.7 Å². The van der Waals surface area contributed by atoms with E-state index in [9.17, 15) is 0 Å². The Morgan fingerprint density at radius 2 is 1.65 bits per heavy atom. The van der Waals surface area contributed by atoms with Crippen molar-refractivity contribution in [3.63, 3.8) is 0 Å². The molecule has 0 aromatic heterocycles. The molecule has 1 unspecified atom stereocenters. The quantitative estimate of drug-likeness (QED) is 0.906. The summed E-state index contributed by atoms with van der Waals surface area (Å²) in [4.78, 5) is 0. The monoisotopic (exact) mass is 271 g/mol. The maximum absolute atomic E-state index is 6.20. The molecule has 0 amide bonds. The van der Waals surface area contributed by atoms with Gasteiger partial charge in [0.2, 0.25) is 0 Å². The number of benzene rings is 2. The standard InChI is InChI=1S/C17H21NO2/c1-12-4-9-16(13(2)10-12)17(18)11-20-15-7-5-14(19-3)6-8-15/h4-10,17H,11,18H2,1-3H3. The lowest BCUT2D eigenvalue weighted by molar-refractivity contribution is 0.290. The molecular weight excluding hydrogens is 250 g/mol. The average molecular weight is 271 g/mol. The number of rotatable bonds is 5. The maximum atomic E-state index is 6.20. The Balaban J connectivity index is 1.98. The van der Waals surface area contributed by atoms with E-state index in [4.69, 9.17) is 15.2 Å². The first-order valence-corrected chi connectivity index (χ1v) is 6.69. The van der Waals surface area contributed by atoms with Crippen molar-refractivity contribution in [2.24, 2.45) is 5.73 Å². The Morgan fingerprint density at radius 3 is 2.25 bits per heavy atom. The highest BCUT2D eigenvalue weighted by molar-refractivity contribution is 5.34. The van der Waals surface area contributed by atoms with Crippen molar-refractivity contribution < 1.29 is 9.47 Å². The predicted molar refractivity (Wildman–Crippen MR) is 81.3 cm³/mol. The van der Waals surface area contributed by atoms with E-state index in [-0.39, 0.29) is 6.04 Å². The molecule has 0 heterocycles. The Morgan fingerprint density at radius 1 is 1.00 bits per heavy atom. The highest BCUT2D eigenvalue weighted by Crippen LogP contribution is 2.20. The van der Waals surface area contributed by atoms with Crippen LogP contribution >= 0.6 is 0 Å². The molecule has 0 aliphatic carbocycles. The fraction of sp³-hybridized carbons (Fsp3) is 0.294. The lowest BCUT2D eigenvalue weighted by atomic mass is 10.0. The summed E-state index contributed by atoms with van der Waals surface area (Å²) in [5.41, 5.74) is 9.78. The maximum Gasteiger partial charge on any atom is 0.119 e. The minimum Gasteiger partial charge on any atom is -0.497 e. The average Bonchev–Trinajstić information content (AvgIpc) is 2.45. The summed E-state index contributed by atoms with van der Waals surface area (Å²) in [5, 5.41) is 0. The van der Waals surface area contributed by atoms with Gasteiger partial charge in [-0.15, -0.1) is 0 Å². The van der Waals surface area contributed by atoms with Gasteiger partial charge in [-0.05, 0) is 49.2 Å². The van der Waals surface area contributed by atoms with Crippen molar-refractivity contribution >= 4 is 0 Å². The molecular formula is C17H21NO2. The molecule has 0 fully saturated rings. The summed E-state index contributed by atoms with van der Waals surface area (Å²) in [5.74, 6) is 1.61. The zero-order chi connectivity index (χ0) is 14.5. The van der Waals surface area contributed by atoms with Crippen LogP contribution < -0.4 is 15.2 Å². The van der Waals surface area contributed by atoms with E-state index in [1.54, 1.807) is 7.11 Å². The van der Waals surface area contributed by atoms with Crippen molar-refractivity contribution in [3.8, 4) is 11.5 Å². The van der Waals surface area contributed by atoms with Crippen LogP contribution in [0.25, 0.3) is 0 Å². The van der Waals surface area contributed by atoms with Gasteiger partial charge in [-0.25, -0.2) is 0 Å².